The molecule has 1 aromatic heterocycles. The van der Waals surface area contributed by atoms with E-state index >= 15 is 0 Å². The van der Waals surface area contributed by atoms with Crippen molar-refractivity contribution in [1.82, 2.24) is 9.97 Å². The maximum atomic E-state index is 10.5. The van der Waals surface area contributed by atoms with E-state index in [9.17, 15) is 5.11 Å². The molecule has 2 atom stereocenters. The monoisotopic (exact) mass is 334 g/mol. The second kappa shape index (κ2) is 7.12. The average molecular weight is 335 g/mol. The minimum Gasteiger partial charge on any atom is -0.388 e. The van der Waals surface area contributed by atoms with Gasteiger partial charge in [-0.2, -0.15) is 0 Å². The zero-order chi connectivity index (χ0) is 16.2. The van der Waals surface area contributed by atoms with Gasteiger partial charge in [0.05, 0.1) is 25.4 Å². The van der Waals surface area contributed by atoms with Crippen LogP contribution in [-0.2, 0) is 4.74 Å². The third-order valence-electron chi connectivity index (χ3n) is 3.98. The largest absolute Gasteiger partial charge is 0.388 e. The van der Waals surface area contributed by atoms with Crippen LogP contribution in [0, 0.1) is 0 Å². The molecule has 23 heavy (non-hydrogen) atoms. The number of rotatable bonds is 4. The molecule has 0 saturated carbocycles. The van der Waals surface area contributed by atoms with Crippen molar-refractivity contribution in [3.8, 4) is 0 Å². The smallest absolute Gasteiger partial charge is 0.153 e. The summed E-state index contributed by atoms with van der Waals surface area (Å²) in [6, 6.07) is 9.54. The van der Waals surface area contributed by atoms with E-state index in [1.807, 2.05) is 35.2 Å². The van der Waals surface area contributed by atoms with Crippen LogP contribution in [0.15, 0.2) is 36.7 Å². The quantitative estimate of drug-likeness (QED) is 0.890. The Balaban J connectivity index is 1.80. The van der Waals surface area contributed by atoms with Crippen LogP contribution in [0.2, 0.25) is 5.02 Å². The number of aliphatic hydroxyl groups is 1. The number of benzene rings is 1. The Kier molecular flexibility index (Phi) is 4.95. The van der Waals surface area contributed by atoms with Gasteiger partial charge in [0.2, 0.25) is 0 Å². The summed E-state index contributed by atoms with van der Waals surface area (Å²) in [5, 5.41) is 10.8. The molecule has 1 fully saturated rings. The zero-order valence-electron chi connectivity index (χ0n) is 12.6. The molecule has 0 unspecified atom stereocenters. The van der Waals surface area contributed by atoms with Crippen molar-refractivity contribution in [2.24, 2.45) is 0 Å². The van der Waals surface area contributed by atoms with Gasteiger partial charge in [-0.3, -0.25) is 0 Å². The number of aliphatic hydroxyl groups excluding tert-OH is 1. The fourth-order valence-electron chi connectivity index (χ4n) is 2.77. The summed E-state index contributed by atoms with van der Waals surface area (Å²) >= 11 is 6.25. The van der Waals surface area contributed by atoms with Crippen molar-refractivity contribution in [2.75, 3.05) is 30.4 Å². The van der Waals surface area contributed by atoms with Crippen molar-refractivity contribution in [3.63, 3.8) is 0 Å². The maximum Gasteiger partial charge on any atom is 0.153 e. The van der Waals surface area contributed by atoms with E-state index in [-0.39, 0.29) is 11.9 Å². The second-order valence-corrected chi connectivity index (χ2v) is 5.86. The summed E-state index contributed by atoms with van der Waals surface area (Å²) in [7, 11) is 0. The fraction of sp³-hybridized carbons (Fsp3) is 0.375. The molecule has 3 rings (SSSR count). The summed E-state index contributed by atoms with van der Waals surface area (Å²) in [5.41, 5.74) is 6.66. The molecule has 0 radical (unpaired) electrons. The number of anilines is 2. The van der Waals surface area contributed by atoms with Gasteiger partial charge in [-0.15, -0.1) is 0 Å². The number of hydrogen-bond donors (Lipinski definition) is 2. The van der Waals surface area contributed by atoms with Gasteiger partial charge >= 0.3 is 0 Å². The molecule has 0 amide bonds. The van der Waals surface area contributed by atoms with Crippen LogP contribution in [-0.4, -0.2) is 40.9 Å². The molecule has 0 bridgehead atoms. The molecule has 1 aromatic carbocycles. The first-order chi connectivity index (χ1) is 11.2. The molecular weight excluding hydrogens is 316 g/mol. The highest BCUT2D eigenvalue weighted by atomic mass is 35.5. The van der Waals surface area contributed by atoms with Gasteiger partial charge in [0, 0.05) is 13.0 Å². The number of nitrogen functional groups attached to an aromatic ring is 1. The molecule has 7 heteroatoms. The Morgan fingerprint density at radius 2 is 2.13 bits per heavy atom. The van der Waals surface area contributed by atoms with Crippen LogP contribution >= 0.6 is 11.6 Å². The molecule has 2 aromatic rings. The standard InChI is InChI=1S/C16H19ClN4O2/c17-14-15(18)19-10-20-16(14)21-6-7-23-9-12(21)8-13(22)11-4-2-1-3-5-11/h1-5,10,12-13,22H,6-9H2,(H2,18,19,20)/t12-,13+/m1/s1. The minimum absolute atomic E-state index is 0.0363. The number of aromatic nitrogens is 2. The highest BCUT2D eigenvalue weighted by molar-refractivity contribution is 6.35. The Bertz CT molecular complexity index is 656. The topological polar surface area (TPSA) is 84.5 Å². The number of morpholine rings is 1. The molecule has 1 aliphatic rings. The van der Waals surface area contributed by atoms with E-state index in [1.165, 1.54) is 6.33 Å². The van der Waals surface area contributed by atoms with E-state index < -0.39 is 6.10 Å². The Labute approximate surface area is 139 Å². The Morgan fingerprint density at radius 3 is 2.91 bits per heavy atom. The van der Waals surface area contributed by atoms with Crippen molar-refractivity contribution < 1.29 is 9.84 Å². The third-order valence-corrected chi connectivity index (χ3v) is 4.34. The maximum absolute atomic E-state index is 10.5. The van der Waals surface area contributed by atoms with Crippen molar-refractivity contribution >= 4 is 23.2 Å². The van der Waals surface area contributed by atoms with Crippen LogP contribution in [0.4, 0.5) is 11.6 Å². The van der Waals surface area contributed by atoms with Gasteiger partial charge in [-0.05, 0) is 5.56 Å². The summed E-state index contributed by atoms with van der Waals surface area (Å²) in [4.78, 5) is 10.2. The van der Waals surface area contributed by atoms with Gasteiger partial charge in [-0.25, -0.2) is 9.97 Å². The zero-order valence-corrected chi connectivity index (χ0v) is 13.4. The normalized spacial score (nSPS) is 19.6. The summed E-state index contributed by atoms with van der Waals surface area (Å²) < 4.78 is 5.57. The molecule has 2 heterocycles. The van der Waals surface area contributed by atoms with Crippen LogP contribution in [0.3, 0.4) is 0 Å². The first-order valence-corrected chi connectivity index (χ1v) is 7.88. The van der Waals surface area contributed by atoms with Crippen molar-refractivity contribution in [1.29, 1.82) is 0 Å². The van der Waals surface area contributed by atoms with E-state index in [0.717, 1.165) is 5.56 Å². The van der Waals surface area contributed by atoms with Crippen molar-refractivity contribution in [2.45, 2.75) is 18.6 Å². The minimum atomic E-state index is -0.580. The average Bonchev–Trinajstić information content (AvgIpc) is 2.59. The van der Waals surface area contributed by atoms with E-state index in [1.54, 1.807) is 0 Å². The highest BCUT2D eigenvalue weighted by Crippen LogP contribution is 2.32. The fourth-order valence-corrected chi connectivity index (χ4v) is 2.98. The summed E-state index contributed by atoms with van der Waals surface area (Å²) in [6.07, 6.45) is 1.34. The van der Waals surface area contributed by atoms with Gasteiger partial charge in [0.15, 0.2) is 5.82 Å². The lowest BCUT2D eigenvalue weighted by molar-refractivity contribution is 0.0676. The number of halogens is 1. The Morgan fingerprint density at radius 1 is 1.35 bits per heavy atom. The number of hydrogen-bond acceptors (Lipinski definition) is 6. The molecule has 122 valence electrons. The van der Waals surface area contributed by atoms with Gasteiger partial charge in [0.25, 0.3) is 0 Å². The number of ether oxygens (including phenoxy) is 1. The molecule has 0 aliphatic carbocycles. The lowest BCUT2D eigenvalue weighted by Crippen LogP contribution is -2.47. The highest BCUT2D eigenvalue weighted by Gasteiger charge is 2.29. The molecule has 1 saturated heterocycles. The van der Waals surface area contributed by atoms with Gasteiger partial charge < -0.3 is 20.5 Å². The molecular formula is C16H19ClN4O2. The number of nitrogens with two attached hydrogens (primary N) is 1. The van der Waals surface area contributed by atoms with Crippen LogP contribution in [0.25, 0.3) is 0 Å². The van der Waals surface area contributed by atoms with Gasteiger partial charge in [0.1, 0.15) is 17.2 Å². The van der Waals surface area contributed by atoms with E-state index in [4.69, 9.17) is 22.1 Å². The molecule has 1 aliphatic heterocycles. The summed E-state index contributed by atoms with van der Waals surface area (Å²) in [5.74, 6) is 0.846. The predicted molar refractivity (Wildman–Crippen MR) is 89.4 cm³/mol. The lowest BCUT2D eigenvalue weighted by Gasteiger charge is -2.37. The van der Waals surface area contributed by atoms with Crippen LogP contribution < -0.4 is 10.6 Å². The lowest BCUT2D eigenvalue weighted by atomic mass is 10.0. The van der Waals surface area contributed by atoms with Gasteiger partial charge in [-0.1, -0.05) is 41.9 Å². The Hall–Kier alpha value is -1.89. The first kappa shape index (κ1) is 16.0. The van der Waals surface area contributed by atoms with Crippen LogP contribution in [0.1, 0.15) is 18.1 Å². The van der Waals surface area contributed by atoms with E-state index in [0.29, 0.717) is 37.0 Å². The predicted octanol–water partition coefficient (Wildman–Crippen LogP) is 2.04. The van der Waals surface area contributed by atoms with Crippen molar-refractivity contribution in [3.05, 3.63) is 47.2 Å². The summed E-state index contributed by atoms with van der Waals surface area (Å²) in [6.45, 7) is 1.73. The number of nitrogens with zero attached hydrogens (tertiary/aromatic N) is 3. The first-order valence-electron chi connectivity index (χ1n) is 7.50. The molecule has 6 nitrogen and oxygen atoms in total. The van der Waals surface area contributed by atoms with Crippen LogP contribution in [0.5, 0.6) is 0 Å². The van der Waals surface area contributed by atoms with E-state index in [2.05, 4.69) is 9.97 Å². The second-order valence-electron chi connectivity index (χ2n) is 5.48. The molecule has 0 spiro atoms. The third kappa shape index (κ3) is 3.55. The molecule has 3 N–H and O–H groups in total. The SMILES string of the molecule is Nc1ncnc(N2CCOC[C@H]2C[C@H](O)c2ccccc2)c1Cl.